The number of amides is 2. The Morgan fingerprint density at radius 1 is 1.47 bits per heavy atom. The van der Waals surface area contributed by atoms with Crippen LogP contribution in [0, 0.1) is 12.3 Å². The van der Waals surface area contributed by atoms with Crippen molar-refractivity contribution in [3.05, 3.63) is 12.4 Å². The fourth-order valence-corrected chi connectivity index (χ4v) is 1.38. The molecule has 7 nitrogen and oxygen atoms in total. The predicted molar refractivity (Wildman–Crippen MR) is 69.6 cm³/mol. The minimum Gasteiger partial charge on any atom is -0.480 e. The second-order valence-corrected chi connectivity index (χ2v) is 3.86. The second-order valence-electron chi connectivity index (χ2n) is 3.86. The molecule has 0 fully saturated rings. The van der Waals surface area contributed by atoms with Gasteiger partial charge in [0.15, 0.2) is 0 Å². The molecule has 1 aromatic rings. The molecule has 19 heavy (non-hydrogen) atoms. The first-order valence-electron chi connectivity index (χ1n) is 5.84. The third-order valence-corrected chi connectivity index (χ3v) is 2.22. The summed E-state index contributed by atoms with van der Waals surface area (Å²) in [5.74, 6) is 1.53. The molecule has 0 bridgehead atoms. The zero-order valence-corrected chi connectivity index (χ0v) is 10.4. The van der Waals surface area contributed by atoms with Gasteiger partial charge in [0.05, 0.1) is 11.9 Å². The molecule has 0 saturated carbocycles. The number of nitrogens with one attached hydrogen (secondary N) is 2. The number of urea groups is 1. The quantitative estimate of drug-likeness (QED) is 0.503. The lowest BCUT2D eigenvalue weighted by molar-refractivity contribution is -0.137. The van der Waals surface area contributed by atoms with Gasteiger partial charge in [-0.05, 0) is 12.8 Å². The Kier molecular flexibility index (Phi) is 5.95. The molecule has 0 unspecified atom stereocenters. The van der Waals surface area contributed by atoms with Crippen molar-refractivity contribution in [2.75, 3.05) is 11.9 Å². The predicted octanol–water partition coefficient (Wildman–Crippen LogP) is 0.893. The maximum Gasteiger partial charge on any atom is 0.325 e. The molecule has 0 aliphatic rings. The number of carbonyl (C=O) groups excluding carboxylic acids is 1. The molecule has 0 aliphatic carbocycles. The van der Waals surface area contributed by atoms with Gasteiger partial charge >= 0.3 is 12.0 Å². The molecule has 2 amide bonds. The topological polar surface area (TPSA) is 96.3 Å². The van der Waals surface area contributed by atoms with Gasteiger partial charge in [0.1, 0.15) is 6.54 Å². The number of nitrogens with zero attached hydrogens (tertiary/aromatic N) is 2. The summed E-state index contributed by atoms with van der Waals surface area (Å²) in [4.78, 5) is 21.9. The molecule has 1 rings (SSSR count). The number of anilines is 1. The monoisotopic (exact) mass is 264 g/mol. The van der Waals surface area contributed by atoms with Crippen LogP contribution in [0.15, 0.2) is 12.4 Å². The van der Waals surface area contributed by atoms with Crippen molar-refractivity contribution in [1.29, 1.82) is 0 Å². The highest BCUT2D eigenvalue weighted by atomic mass is 16.4. The van der Waals surface area contributed by atoms with Gasteiger partial charge in [-0.2, -0.15) is 5.10 Å². The van der Waals surface area contributed by atoms with E-state index in [2.05, 4.69) is 21.7 Å². The van der Waals surface area contributed by atoms with Gasteiger partial charge in [-0.1, -0.05) is 0 Å². The highest BCUT2D eigenvalue weighted by Crippen LogP contribution is 2.04. The summed E-state index contributed by atoms with van der Waals surface area (Å²) in [5, 5.41) is 17.6. The first-order valence-corrected chi connectivity index (χ1v) is 5.84. The zero-order valence-electron chi connectivity index (χ0n) is 10.4. The summed E-state index contributed by atoms with van der Waals surface area (Å²) < 4.78 is 1.23. The molecular weight excluding hydrogens is 248 g/mol. The SMILES string of the molecule is C#CCCCCNC(=O)Nc1cnn(CC(=O)O)c1. The molecule has 0 atom stereocenters. The Balaban J connectivity index is 2.26. The number of aromatic nitrogens is 2. The van der Waals surface area contributed by atoms with Gasteiger partial charge in [-0.25, -0.2) is 4.79 Å². The molecule has 1 heterocycles. The molecular formula is C12H16N4O3. The van der Waals surface area contributed by atoms with Crippen LogP contribution in [-0.4, -0.2) is 33.4 Å². The van der Waals surface area contributed by atoms with Crippen molar-refractivity contribution < 1.29 is 14.7 Å². The van der Waals surface area contributed by atoms with Gasteiger partial charge in [-0.15, -0.1) is 12.3 Å². The molecule has 0 radical (unpaired) electrons. The first kappa shape index (κ1) is 14.6. The van der Waals surface area contributed by atoms with Crippen LogP contribution in [0.3, 0.4) is 0 Å². The highest BCUT2D eigenvalue weighted by molar-refractivity contribution is 5.88. The summed E-state index contributed by atoms with van der Waals surface area (Å²) in [6, 6.07) is -0.351. The normalized spacial score (nSPS) is 9.63. The number of hydrogen-bond acceptors (Lipinski definition) is 3. The first-order chi connectivity index (χ1) is 9.11. The van der Waals surface area contributed by atoms with E-state index >= 15 is 0 Å². The van der Waals surface area contributed by atoms with Crippen LogP contribution >= 0.6 is 0 Å². The van der Waals surface area contributed by atoms with Crippen molar-refractivity contribution in [3.8, 4) is 12.3 Å². The smallest absolute Gasteiger partial charge is 0.325 e. The standard InChI is InChI=1S/C12H16N4O3/c1-2-3-4-5-6-13-12(19)15-10-7-14-16(8-10)9-11(17)18/h1,7-8H,3-6,9H2,(H,17,18)(H2,13,15,19). The number of carboxylic acids is 1. The van der Waals surface area contributed by atoms with Crippen LogP contribution < -0.4 is 10.6 Å². The largest absolute Gasteiger partial charge is 0.480 e. The number of carboxylic acid groups (broad SMARTS) is 1. The Labute approximate surface area is 111 Å². The fourth-order valence-electron chi connectivity index (χ4n) is 1.38. The third-order valence-electron chi connectivity index (χ3n) is 2.22. The number of unbranched alkanes of at least 4 members (excludes halogenated alkanes) is 2. The minimum absolute atomic E-state index is 0.241. The van der Waals surface area contributed by atoms with Gasteiger partial charge in [0.2, 0.25) is 0 Å². The molecule has 1 aromatic heterocycles. The van der Waals surface area contributed by atoms with Gasteiger partial charge < -0.3 is 15.7 Å². The third kappa shape index (κ3) is 6.12. The van der Waals surface area contributed by atoms with E-state index in [-0.39, 0.29) is 12.6 Å². The van der Waals surface area contributed by atoms with Crippen molar-refractivity contribution in [2.24, 2.45) is 0 Å². The Bertz CT molecular complexity index is 476. The summed E-state index contributed by atoms with van der Waals surface area (Å²) in [7, 11) is 0. The Hall–Kier alpha value is -2.49. The number of aliphatic carboxylic acids is 1. The highest BCUT2D eigenvalue weighted by Gasteiger charge is 2.05. The van der Waals surface area contributed by atoms with E-state index in [9.17, 15) is 9.59 Å². The summed E-state index contributed by atoms with van der Waals surface area (Å²) >= 11 is 0. The van der Waals surface area contributed by atoms with E-state index in [1.807, 2.05) is 0 Å². The van der Waals surface area contributed by atoms with Crippen LogP contribution in [0.25, 0.3) is 0 Å². The maximum absolute atomic E-state index is 11.5. The second kappa shape index (κ2) is 7.76. The van der Waals surface area contributed by atoms with Gasteiger partial charge in [-0.3, -0.25) is 9.48 Å². The molecule has 0 saturated heterocycles. The number of terminal acetylenes is 1. The molecule has 0 spiro atoms. The molecule has 102 valence electrons. The van der Waals surface area contributed by atoms with Crippen LogP contribution in [0.1, 0.15) is 19.3 Å². The van der Waals surface area contributed by atoms with Gasteiger partial charge in [0.25, 0.3) is 0 Å². The van der Waals surface area contributed by atoms with E-state index in [1.165, 1.54) is 17.1 Å². The molecule has 0 aromatic carbocycles. The number of hydrogen-bond donors (Lipinski definition) is 3. The van der Waals surface area contributed by atoms with Crippen LogP contribution in [0.5, 0.6) is 0 Å². The Morgan fingerprint density at radius 2 is 2.26 bits per heavy atom. The fraction of sp³-hybridized carbons (Fsp3) is 0.417. The van der Waals surface area contributed by atoms with Crippen molar-refractivity contribution in [3.63, 3.8) is 0 Å². The number of rotatable bonds is 7. The zero-order chi connectivity index (χ0) is 14.1. The number of carbonyl (C=O) groups is 2. The van der Waals surface area contributed by atoms with E-state index < -0.39 is 5.97 Å². The summed E-state index contributed by atoms with van der Waals surface area (Å²) in [6.45, 7) is 0.298. The van der Waals surface area contributed by atoms with Crippen molar-refractivity contribution in [1.82, 2.24) is 15.1 Å². The Morgan fingerprint density at radius 3 is 2.95 bits per heavy atom. The molecule has 0 aliphatic heterocycles. The van der Waals surface area contributed by atoms with E-state index in [0.717, 1.165) is 12.8 Å². The van der Waals surface area contributed by atoms with Crippen LogP contribution in [0.2, 0.25) is 0 Å². The molecule has 7 heteroatoms. The summed E-state index contributed by atoms with van der Waals surface area (Å²) in [6.07, 6.45) is 10.3. The van der Waals surface area contributed by atoms with Crippen LogP contribution in [-0.2, 0) is 11.3 Å². The van der Waals surface area contributed by atoms with Gasteiger partial charge in [0, 0.05) is 19.2 Å². The molecule has 3 N–H and O–H groups in total. The minimum atomic E-state index is -0.993. The maximum atomic E-state index is 11.5. The van der Waals surface area contributed by atoms with Crippen molar-refractivity contribution >= 4 is 17.7 Å². The average molecular weight is 264 g/mol. The van der Waals surface area contributed by atoms with E-state index in [1.54, 1.807) is 0 Å². The van der Waals surface area contributed by atoms with E-state index in [0.29, 0.717) is 18.7 Å². The van der Waals surface area contributed by atoms with Crippen LogP contribution in [0.4, 0.5) is 10.5 Å². The average Bonchev–Trinajstić information content (AvgIpc) is 2.75. The lowest BCUT2D eigenvalue weighted by Gasteiger charge is -2.04. The van der Waals surface area contributed by atoms with Crippen molar-refractivity contribution in [2.45, 2.75) is 25.8 Å². The summed E-state index contributed by atoms with van der Waals surface area (Å²) in [5.41, 5.74) is 0.447. The lowest BCUT2D eigenvalue weighted by Crippen LogP contribution is -2.29. The lowest BCUT2D eigenvalue weighted by atomic mass is 10.2. The van der Waals surface area contributed by atoms with E-state index in [4.69, 9.17) is 11.5 Å².